The largest absolute Gasteiger partial charge is 0.468 e. The molecule has 1 aromatic rings. The highest BCUT2D eigenvalue weighted by Crippen LogP contribution is 2.14. The van der Waals surface area contributed by atoms with E-state index >= 15 is 0 Å². The molecule has 0 aromatic heterocycles. The van der Waals surface area contributed by atoms with Gasteiger partial charge in [-0.25, -0.2) is 4.79 Å². The molecule has 0 saturated carbocycles. The van der Waals surface area contributed by atoms with Crippen molar-refractivity contribution >= 4 is 11.9 Å². The summed E-state index contributed by atoms with van der Waals surface area (Å²) in [6.45, 7) is 5.42. The van der Waals surface area contributed by atoms with Gasteiger partial charge in [-0.1, -0.05) is 12.1 Å². The second-order valence-electron chi connectivity index (χ2n) is 5.54. The van der Waals surface area contributed by atoms with E-state index in [0.717, 1.165) is 5.56 Å². The molecule has 0 heterocycles. The topological polar surface area (TPSA) is 78.6 Å². The lowest BCUT2D eigenvalue weighted by molar-refractivity contribution is -0.142. The SMILES string of the molecule is COC(=O)[C@@H](N)Cc1cccc(C(=O)OC(C)(C)C)c1. The van der Waals surface area contributed by atoms with Crippen LogP contribution in [0.5, 0.6) is 0 Å². The van der Waals surface area contributed by atoms with Crippen molar-refractivity contribution in [2.75, 3.05) is 7.11 Å². The van der Waals surface area contributed by atoms with Gasteiger partial charge in [0.25, 0.3) is 0 Å². The van der Waals surface area contributed by atoms with Crippen LogP contribution in [0.2, 0.25) is 0 Å². The van der Waals surface area contributed by atoms with Crippen LogP contribution in [0.3, 0.4) is 0 Å². The van der Waals surface area contributed by atoms with Gasteiger partial charge in [0.1, 0.15) is 11.6 Å². The molecule has 5 nitrogen and oxygen atoms in total. The third-order valence-electron chi connectivity index (χ3n) is 2.52. The summed E-state index contributed by atoms with van der Waals surface area (Å²) >= 11 is 0. The molecule has 1 atom stereocenters. The second kappa shape index (κ2) is 6.52. The fraction of sp³-hybridized carbons (Fsp3) is 0.467. The Kier molecular flexibility index (Phi) is 5.27. The number of benzene rings is 1. The number of esters is 2. The number of carbonyl (C=O) groups excluding carboxylic acids is 2. The fourth-order valence-electron chi connectivity index (χ4n) is 1.65. The molecule has 0 aliphatic heterocycles. The van der Waals surface area contributed by atoms with Crippen LogP contribution in [0.4, 0.5) is 0 Å². The molecule has 0 saturated heterocycles. The zero-order chi connectivity index (χ0) is 15.3. The van der Waals surface area contributed by atoms with Crippen molar-refractivity contribution in [1.82, 2.24) is 0 Å². The number of carbonyl (C=O) groups is 2. The van der Waals surface area contributed by atoms with Gasteiger partial charge in [0.15, 0.2) is 0 Å². The normalized spacial score (nSPS) is 12.7. The highest BCUT2D eigenvalue weighted by molar-refractivity contribution is 5.90. The summed E-state index contributed by atoms with van der Waals surface area (Å²) in [7, 11) is 1.29. The van der Waals surface area contributed by atoms with E-state index in [1.54, 1.807) is 24.3 Å². The molecule has 0 fully saturated rings. The van der Waals surface area contributed by atoms with Crippen LogP contribution in [0.25, 0.3) is 0 Å². The lowest BCUT2D eigenvalue weighted by Gasteiger charge is -2.19. The van der Waals surface area contributed by atoms with Gasteiger partial charge in [-0.2, -0.15) is 0 Å². The molecular weight excluding hydrogens is 258 g/mol. The predicted molar refractivity (Wildman–Crippen MR) is 75.3 cm³/mol. The van der Waals surface area contributed by atoms with Gasteiger partial charge < -0.3 is 15.2 Å². The van der Waals surface area contributed by atoms with E-state index < -0.39 is 23.6 Å². The maximum atomic E-state index is 11.9. The summed E-state index contributed by atoms with van der Waals surface area (Å²) in [4.78, 5) is 23.2. The molecule has 2 N–H and O–H groups in total. The van der Waals surface area contributed by atoms with Crippen molar-refractivity contribution in [2.45, 2.75) is 38.8 Å². The van der Waals surface area contributed by atoms with E-state index in [1.165, 1.54) is 7.11 Å². The van der Waals surface area contributed by atoms with Crippen LogP contribution < -0.4 is 5.73 Å². The molecule has 0 spiro atoms. The van der Waals surface area contributed by atoms with Crippen LogP contribution in [0, 0.1) is 0 Å². The first-order valence-corrected chi connectivity index (χ1v) is 6.38. The number of rotatable bonds is 4. The minimum absolute atomic E-state index is 0.309. The van der Waals surface area contributed by atoms with E-state index in [2.05, 4.69) is 4.74 Å². The summed E-state index contributed by atoms with van der Waals surface area (Å²) in [6, 6.07) is 6.14. The van der Waals surface area contributed by atoms with Gasteiger partial charge in [0, 0.05) is 0 Å². The minimum Gasteiger partial charge on any atom is -0.468 e. The first-order valence-electron chi connectivity index (χ1n) is 6.38. The zero-order valence-electron chi connectivity index (χ0n) is 12.3. The number of hydrogen-bond donors (Lipinski definition) is 1. The Bertz CT molecular complexity index is 491. The Labute approximate surface area is 119 Å². The maximum Gasteiger partial charge on any atom is 0.338 e. The van der Waals surface area contributed by atoms with Crippen molar-refractivity contribution in [2.24, 2.45) is 5.73 Å². The minimum atomic E-state index is -0.742. The summed E-state index contributed by atoms with van der Waals surface area (Å²) in [5.41, 5.74) is 6.37. The van der Waals surface area contributed by atoms with Crippen LogP contribution in [0.15, 0.2) is 24.3 Å². The number of hydrogen-bond acceptors (Lipinski definition) is 5. The average Bonchev–Trinajstić information content (AvgIpc) is 2.36. The molecule has 20 heavy (non-hydrogen) atoms. The quantitative estimate of drug-likeness (QED) is 0.848. The Morgan fingerprint density at radius 2 is 1.95 bits per heavy atom. The molecule has 0 aliphatic rings. The monoisotopic (exact) mass is 279 g/mol. The van der Waals surface area contributed by atoms with Gasteiger partial charge in [-0.15, -0.1) is 0 Å². The molecule has 110 valence electrons. The van der Waals surface area contributed by atoms with E-state index in [4.69, 9.17) is 10.5 Å². The molecule has 0 aliphatic carbocycles. The third-order valence-corrected chi connectivity index (χ3v) is 2.52. The van der Waals surface area contributed by atoms with Crippen molar-refractivity contribution in [3.63, 3.8) is 0 Å². The van der Waals surface area contributed by atoms with E-state index in [1.807, 2.05) is 20.8 Å². The average molecular weight is 279 g/mol. The van der Waals surface area contributed by atoms with Crippen LogP contribution in [-0.4, -0.2) is 30.7 Å². The van der Waals surface area contributed by atoms with Crippen molar-refractivity contribution in [3.05, 3.63) is 35.4 Å². The molecule has 1 rings (SSSR count). The van der Waals surface area contributed by atoms with Crippen LogP contribution >= 0.6 is 0 Å². The Morgan fingerprint density at radius 1 is 1.30 bits per heavy atom. The predicted octanol–water partition coefficient (Wildman–Crippen LogP) is 1.68. The van der Waals surface area contributed by atoms with Crippen molar-refractivity contribution in [1.29, 1.82) is 0 Å². The molecular formula is C15H21NO4. The fourth-order valence-corrected chi connectivity index (χ4v) is 1.65. The summed E-state index contributed by atoms with van der Waals surface area (Å²) in [5.74, 6) is -0.876. The van der Waals surface area contributed by atoms with Gasteiger partial charge in [-0.05, 0) is 44.9 Å². The van der Waals surface area contributed by atoms with Crippen LogP contribution in [-0.2, 0) is 20.7 Å². The lowest BCUT2D eigenvalue weighted by Crippen LogP contribution is -2.33. The second-order valence-corrected chi connectivity index (χ2v) is 5.54. The maximum absolute atomic E-state index is 11.9. The Hall–Kier alpha value is -1.88. The number of ether oxygens (including phenoxy) is 2. The van der Waals surface area contributed by atoms with Gasteiger partial charge >= 0.3 is 11.9 Å². The Morgan fingerprint density at radius 3 is 2.50 bits per heavy atom. The standard InChI is InChI=1S/C15H21NO4/c1-15(2,3)20-13(17)11-7-5-6-10(8-11)9-12(16)14(18)19-4/h5-8,12H,9,16H2,1-4H3/t12-/m0/s1. The van der Waals surface area contributed by atoms with Crippen LogP contribution in [0.1, 0.15) is 36.7 Å². The third kappa shape index (κ3) is 5.01. The van der Waals surface area contributed by atoms with E-state index in [9.17, 15) is 9.59 Å². The molecule has 0 radical (unpaired) electrons. The summed E-state index contributed by atoms with van der Waals surface area (Å²) in [6.07, 6.45) is 0.309. The molecule has 0 bridgehead atoms. The van der Waals surface area contributed by atoms with E-state index in [0.29, 0.717) is 12.0 Å². The van der Waals surface area contributed by atoms with E-state index in [-0.39, 0.29) is 0 Å². The van der Waals surface area contributed by atoms with Crippen molar-refractivity contribution in [3.8, 4) is 0 Å². The number of nitrogens with two attached hydrogens (primary N) is 1. The van der Waals surface area contributed by atoms with Gasteiger partial charge in [-0.3, -0.25) is 4.79 Å². The molecule has 0 unspecified atom stereocenters. The van der Waals surface area contributed by atoms with Gasteiger partial charge in [0.2, 0.25) is 0 Å². The first-order chi connectivity index (χ1) is 9.23. The van der Waals surface area contributed by atoms with Crippen molar-refractivity contribution < 1.29 is 19.1 Å². The smallest absolute Gasteiger partial charge is 0.338 e. The lowest BCUT2D eigenvalue weighted by atomic mass is 10.0. The summed E-state index contributed by atoms with van der Waals surface area (Å²) in [5, 5.41) is 0. The highest BCUT2D eigenvalue weighted by atomic mass is 16.6. The Balaban J connectivity index is 2.81. The molecule has 0 amide bonds. The first kappa shape index (κ1) is 16.2. The number of methoxy groups -OCH3 is 1. The molecule has 5 heteroatoms. The van der Waals surface area contributed by atoms with Gasteiger partial charge in [0.05, 0.1) is 12.7 Å². The highest BCUT2D eigenvalue weighted by Gasteiger charge is 2.19. The summed E-state index contributed by atoms with van der Waals surface area (Å²) < 4.78 is 9.86. The zero-order valence-corrected chi connectivity index (χ0v) is 12.3. The molecule has 1 aromatic carbocycles.